The van der Waals surface area contributed by atoms with Crippen LogP contribution in [0, 0.1) is 17.0 Å². The topological polar surface area (TPSA) is 108 Å². The highest BCUT2D eigenvalue weighted by Crippen LogP contribution is 2.29. The van der Waals surface area contributed by atoms with Crippen LogP contribution in [0.5, 0.6) is 5.75 Å². The molecule has 1 N–H and O–H groups in total. The molecule has 0 fully saturated rings. The van der Waals surface area contributed by atoms with Crippen molar-refractivity contribution >= 4 is 46.5 Å². The molecule has 0 heterocycles. The molecule has 2 aromatic carbocycles. The summed E-state index contributed by atoms with van der Waals surface area (Å²) < 4.78 is 10.3. The van der Waals surface area contributed by atoms with Gasteiger partial charge in [-0.1, -0.05) is 35.3 Å². The maximum atomic E-state index is 12.0. The van der Waals surface area contributed by atoms with Crippen molar-refractivity contribution in [3.63, 3.8) is 0 Å². The van der Waals surface area contributed by atoms with E-state index >= 15 is 0 Å². The third-order valence-corrected chi connectivity index (χ3v) is 4.12. The van der Waals surface area contributed by atoms with Gasteiger partial charge in [0, 0.05) is 11.1 Å². The number of nitrogens with one attached hydrogen (secondary N) is 1. The Morgan fingerprint density at radius 3 is 2.61 bits per heavy atom. The maximum Gasteiger partial charge on any atom is 0.347 e. The molecular formula is C18H16Cl2N2O6. The normalized spacial score (nSPS) is 11.4. The van der Waals surface area contributed by atoms with Gasteiger partial charge >= 0.3 is 5.97 Å². The van der Waals surface area contributed by atoms with Crippen molar-refractivity contribution in [3.05, 3.63) is 62.1 Å². The number of nitro benzene ring substituents is 1. The van der Waals surface area contributed by atoms with Crippen molar-refractivity contribution in [1.82, 2.24) is 0 Å². The molecule has 0 aromatic heterocycles. The predicted molar refractivity (Wildman–Crippen MR) is 104 cm³/mol. The lowest BCUT2D eigenvalue weighted by molar-refractivity contribution is -0.384. The number of aryl methyl sites for hydroxylation is 1. The van der Waals surface area contributed by atoms with E-state index in [1.165, 1.54) is 31.2 Å². The van der Waals surface area contributed by atoms with Gasteiger partial charge in [0.1, 0.15) is 11.4 Å². The third-order valence-electron chi connectivity index (χ3n) is 3.59. The van der Waals surface area contributed by atoms with Gasteiger partial charge in [0.15, 0.2) is 12.7 Å². The molecule has 2 rings (SSSR count). The molecule has 0 bridgehead atoms. The second kappa shape index (κ2) is 9.38. The summed E-state index contributed by atoms with van der Waals surface area (Å²) in [5.41, 5.74) is 0.294. The largest absolute Gasteiger partial charge is 0.477 e. The van der Waals surface area contributed by atoms with Crippen molar-refractivity contribution in [2.24, 2.45) is 0 Å². The predicted octanol–water partition coefficient (Wildman–Crippen LogP) is 4.16. The Morgan fingerprint density at radius 2 is 1.96 bits per heavy atom. The van der Waals surface area contributed by atoms with Crippen molar-refractivity contribution in [1.29, 1.82) is 0 Å². The molecule has 148 valence electrons. The molecule has 0 saturated carbocycles. The highest BCUT2D eigenvalue weighted by atomic mass is 35.5. The fourth-order valence-corrected chi connectivity index (χ4v) is 2.66. The van der Waals surface area contributed by atoms with Crippen LogP contribution in [0.3, 0.4) is 0 Å². The van der Waals surface area contributed by atoms with E-state index in [4.69, 9.17) is 32.7 Å². The standard InChI is InChI=1S/C18H16Cl2N2O6/c1-10-4-3-5-14(22(25)26)17(10)21-16(23)9-27-18(24)11(2)28-15-7-6-12(19)8-13(15)20/h3-8,11H,9H2,1-2H3,(H,21,23). The SMILES string of the molecule is Cc1cccc([N+](=O)[O-])c1NC(=O)COC(=O)C(C)Oc1ccc(Cl)cc1Cl. The average Bonchev–Trinajstić information content (AvgIpc) is 2.63. The summed E-state index contributed by atoms with van der Waals surface area (Å²) >= 11 is 11.8. The molecule has 0 aliphatic heterocycles. The zero-order valence-corrected chi connectivity index (χ0v) is 16.4. The third kappa shape index (κ3) is 5.58. The Kier molecular flexibility index (Phi) is 7.19. The maximum absolute atomic E-state index is 12.0. The summed E-state index contributed by atoms with van der Waals surface area (Å²) in [7, 11) is 0. The highest BCUT2D eigenvalue weighted by Gasteiger charge is 2.21. The molecule has 2 aromatic rings. The molecule has 0 saturated heterocycles. The Balaban J connectivity index is 1.94. The molecule has 0 radical (unpaired) electrons. The summed E-state index contributed by atoms with van der Waals surface area (Å²) in [4.78, 5) is 34.5. The molecule has 0 aliphatic rings. The molecule has 10 heteroatoms. The second-order valence-electron chi connectivity index (χ2n) is 5.72. The minimum Gasteiger partial charge on any atom is -0.477 e. The quantitative estimate of drug-likeness (QED) is 0.404. The van der Waals surface area contributed by atoms with E-state index in [9.17, 15) is 19.7 Å². The van der Waals surface area contributed by atoms with Crippen LogP contribution < -0.4 is 10.1 Å². The number of carbonyl (C=O) groups excluding carboxylic acids is 2. The van der Waals surface area contributed by atoms with E-state index in [1.54, 1.807) is 19.1 Å². The van der Waals surface area contributed by atoms with Crippen LogP contribution in [0.1, 0.15) is 12.5 Å². The Hall–Kier alpha value is -2.84. The van der Waals surface area contributed by atoms with Gasteiger partial charge in [-0.05, 0) is 37.6 Å². The van der Waals surface area contributed by atoms with Crippen molar-refractivity contribution < 1.29 is 24.0 Å². The second-order valence-corrected chi connectivity index (χ2v) is 6.56. The number of nitrogens with zero attached hydrogens (tertiary/aromatic N) is 1. The lowest BCUT2D eigenvalue weighted by Crippen LogP contribution is -2.30. The number of halogens is 2. The molecule has 1 atom stereocenters. The molecule has 1 unspecified atom stereocenters. The Labute approximate surface area is 170 Å². The summed E-state index contributed by atoms with van der Waals surface area (Å²) in [5.74, 6) is -1.29. The number of rotatable bonds is 7. The summed E-state index contributed by atoms with van der Waals surface area (Å²) in [5, 5.41) is 14.1. The number of esters is 1. The van der Waals surface area contributed by atoms with E-state index in [0.717, 1.165) is 0 Å². The first kappa shape index (κ1) is 21.5. The molecule has 28 heavy (non-hydrogen) atoms. The zero-order valence-electron chi connectivity index (χ0n) is 14.9. The molecule has 0 spiro atoms. The Morgan fingerprint density at radius 1 is 1.25 bits per heavy atom. The number of ether oxygens (including phenoxy) is 2. The minimum absolute atomic E-state index is 0.0470. The van der Waals surface area contributed by atoms with Crippen molar-refractivity contribution in [3.8, 4) is 5.75 Å². The number of amides is 1. The lowest BCUT2D eigenvalue weighted by atomic mass is 10.1. The number of para-hydroxylation sites is 1. The van der Waals surface area contributed by atoms with Crippen LogP contribution in [0.4, 0.5) is 11.4 Å². The van der Waals surface area contributed by atoms with Crippen LogP contribution in [0.15, 0.2) is 36.4 Å². The van der Waals surface area contributed by atoms with Gasteiger partial charge in [-0.3, -0.25) is 14.9 Å². The summed E-state index contributed by atoms with van der Waals surface area (Å²) in [6, 6.07) is 8.88. The highest BCUT2D eigenvalue weighted by molar-refractivity contribution is 6.35. The number of carbonyl (C=O) groups is 2. The number of benzene rings is 2. The van der Waals surface area contributed by atoms with Crippen molar-refractivity contribution in [2.75, 3.05) is 11.9 Å². The van der Waals surface area contributed by atoms with Gasteiger partial charge in [0.05, 0.1) is 9.95 Å². The fourth-order valence-electron chi connectivity index (χ4n) is 2.21. The number of hydrogen-bond acceptors (Lipinski definition) is 6. The molecule has 8 nitrogen and oxygen atoms in total. The number of nitro groups is 1. The summed E-state index contributed by atoms with van der Waals surface area (Å²) in [6.45, 7) is 2.41. The first-order valence-electron chi connectivity index (χ1n) is 8.01. The zero-order chi connectivity index (χ0) is 20.8. The van der Waals surface area contributed by atoms with Gasteiger partial charge in [0.25, 0.3) is 11.6 Å². The van der Waals surface area contributed by atoms with Crippen LogP contribution >= 0.6 is 23.2 Å². The van der Waals surface area contributed by atoms with Crippen molar-refractivity contribution in [2.45, 2.75) is 20.0 Å². The van der Waals surface area contributed by atoms with E-state index in [-0.39, 0.29) is 22.1 Å². The van der Waals surface area contributed by atoms with Gasteiger partial charge in [-0.2, -0.15) is 0 Å². The van der Waals surface area contributed by atoms with E-state index in [2.05, 4.69) is 5.32 Å². The first-order valence-corrected chi connectivity index (χ1v) is 8.77. The lowest BCUT2D eigenvalue weighted by Gasteiger charge is -2.15. The van der Waals surface area contributed by atoms with Crippen LogP contribution in [-0.2, 0) is 14.3 Å². The van der Waals surface area contributed by atoms with Gasteiger partial charge in [0.2, 0.25) is 0 Å². The molecule has 0 aliphatic carbocycles. The minimum atomic E-state index is -1.04. The number of anilines is 1. The van der Waals surface area contributed by atoms with Gasteiger partial charge < -0.3 is 14.8 Å². The smallest absolute Gasteiger partial charge is 0.347 e. The first-order chi connectivity index (χ1) is 13.2. The fraction of sp³-hybridized carbons (Fsp3) is 0.222. The van der Waals surface area contributed by atoms with Crippen LogP contribution in [-0.4, -0.2) is 29.5 Å². The molecule has 1 amide bonds. The summed E-state index contributed by atoms with van der Waals surface area (Å²) in [6.07, 6.45) is -1.04. The van der Waals surface area contributed by atoms with Crippen LogP contribution in [0.25, 0.3) is 0 Å². The van der Waals surface area contributed by atoms with Crippen LogP contribution in [0.2, 0.25) is 10.0 Å². The van der Waals surface area contributed by atoms with E-state index in [0.29, 0.717) is 10.6 Å². The van der Waals surface area contributed by atoms with Gasteiger partial charge in [-0.15, -0.1) is 0 Å². The van der Waals surface area contributed by atoms with E-state index < -0.39 is 29.5 Å². The molecular weight excluding hydrogens is 411 g/mol. The van der Waals surface area contributed by atoms with Gasteiger partial charge in [-0.25, -0.2) is 4.79 Å². The average molecular weight is 427 g/mol. The number of hydrogen-bond donors (Lipinski definition) is 1. The van der Waals surface area contributed by atoms with E-state index in [1.807, 2.05) is 0 Å². The monoisotopic (exact) mass is 426 g/mol. The Bertz CT molecular complexity index is 919.